The van der Waals surface area contributed by atoms with Gasteiger partial charge in [-0.05, 0) is 29.3 Å². The van der Waals surface area contributed by atoms with Gasteiger partial charge >= 0.3 is 0 Å². The van der Waals surface area contributed by atoms with Crippen molar-refractivity contribution in [3.05, 3.63) is 59.7 Å². The molecule has 2 N–H and O–H groups in total. The molecular formula is C12H11FN2. The van der Waals surface area contributed by atoms with Crippen LogP contribution in [-0.4, -0.2) is 4.98 Å². The van der Waals surface area contributed by atoms with Crippen molar-refractivity contribution < 1.29 is 4.39 Å². The number of nitrogens with zero attached hydrogens (tertiary/aromatic N) is 1. The highest BCUT2D eigenvalue weighted by molar-refractivity contribution is 5.46. The molecule has 0 saturated carbocycles. The minimum Gasteiger partial charge on any atom is -0.398 e. The van der Waals surface area contributed by atoms with E-state index in [0.717, 1.165) is 11.1 Å². The van der Waals surface area contributed by atoms with Gasteiger partial charge in [0, 0.05) is 24.5 Å². The first-order chi connectivity index (χ1) is 7.25. The Morgan fingerprint density at radius 1 is 1.13 bits per heavy atom. The van der Waals surface area contributed by atoms with E-state index in [9.17, 15) is 4.39 Å². The molecule has 0 amide bonds. The van der Waals surface area contributed by atoms with Crippen LogP contribution in [0.15, 0.2) is 42.7 Å². The largest absolute Gasteiger partial charge is 0.398 e. The van der Waals surface area contributed by atoms with Gasteiger partial charge in [-0.25, -0.2) is 4.39 Å². The van der Waals surface area contributed by atoms with Crippen molar-refractivity contribution in [1.82, 2.24) is 4.98 Å². The Balaban J connectivity index is 2.22. The highest BCUT2D eigenvalue weighted by Gasteiger charge is 2.00. The molecule has 0 radical (unpaired) electrons. The number of pyridine rings is 1. The SMILES string of the molecule is Nc1ccncc1Cc1ccc(F)cc1. The van der Waals surface area contributed by atoms with E-state index in [1.807, 2.05) is 0 Å². The van der Waals surface area contributed by atoms with Crippen molar-refractivity contribution in [2.24, 2.45) is 0 Å². The molecule has 3 heteroatoms. The topological polar surface area (TPSA) is 38.9 Å². The lowest BCUT2D eigenvalue weighted by Crippen LogP contribution is -1.96. The fourth-order valence-corrected chi connectivity index (χ4v) is 1.41. The summed E-state index contributed by atoms with van der Waals surface area (Å²) in [5.41, 5.74) is 8.49. The summed E-state index contributed by atoms with van der Waals surface area (Å²) in [5, 5.41) is 0. The van der Waals surface area contributed by atoms with E-state index in [1.165, 1.54) is 12.1 Å². The van der Waals surface area contributed by atoms with Crippen LogP contribution in [0.5, 0.6) is 0 Å². The summed E-state index contributed by atoms with van der Waals surface area (Å²) >= 11 is 0. The Bertz CT molecular complexity index is 451. The first-order valence-electron chi connectivity index (χ1n) is 4.68. The molecule has 0 aliphatic carbocycles. The molecule has 0 saturated heterocycles. The highest BCUT2D eigenvalue weighted by Crippen LogP contribution is 2.14. The van der Waals surface area contributed by atoms with Gasteiger partial charge in [-0.1, -0.05) is 12.1 Å². The molecular weight excluding hydrogens is 191 g/mol. The van der Waals surface area contributed by atoms with Crippen LogP contribution >= 0.6 is 0 Å². The standard InChI is InChI=1S/C12H11FN2/c13-11-3-1-9(2-4-11)7-10-8-15-6-5-12(10)14/h1-6,8H,7H2,(H2,14,15). The zero-order valence-electron chi connectivity index (χ0n) is 8.15. The third kappa shape index (κ3) is 2.31. The van der Waals surface area contributed by atoms with Gasteiger partial charge in [0.1, 0.15) is 5.82 Å². The summed E-state index contributed by atoms with van der Waals surface area (Å²) < 4.78 is 12.7. The van der Waals surface area contributed by atoms with Crippen LogP contribution < -0.4 is 5.73 Å². The summed E-state index contributed by atoms with van der Waals surface area (Å²) in [6.07, 6.45) is 4.07. The molecule has 0 aliphatic rings. The molecule has 1 aromatic carbocycles. The fourth-order valence-electron chi connectivity index (χ4n) is 1.41. The Labute approximate surface area is 87.6 Å². The zero-order chi connectivity index (χ0) is 10.7. The third-order valence-corrected chi connectivity index (χ3v) is 2.25. The molecule has 0 unspecified atom stereocenters. The average Bonchev–Trinajstić information content (AvgIpc) is 2.25. The van der Waals surface area contributed by atoms with Crippen LogP contribution in [0.2, 0.25) is 0 Å². The highest BCUT2D eigenvalue weighted by atomic mass is 19.1. The zero-order valence-corrected chi connectivity index (χ0v) is 8.15. The van der Waals surface area contributed by atoms with Crippen LogP contribution in [0.1, 0.15) is 11.1 Å². The second-order valence-corrected chi connectivity index (χ2v) is 3.38. The minimum absolute atomic E-state index is 0.224. The predicted octanol–water partition coefficient (Wildman–Crippen LogP) is 2.39. The maximum absolute atomic E-state index is 12.7. The third-order valence-electron chi connectivity index (χ3n) is 2.25. The number of aromatic nitrogens is 1. The number of halogens is 1. The number of benzene rings is 1. The van der Waals surface area contributed by atoms with Crippen molar-refractivity contribution in [1.29, 1.82) is 0 Å². The first-order valence-corrected chi connectivity index (χ1v) is 4.68. The Hall–Kier alpha value is -1.90. The molecule has 2 rings (SSSR count). The number of hydrogen-bond donors (Lipinski definition) is 1. The molecule has 0 fully saturated rings. The van der Waals surface area contributed by atoms with E-state index in [2.05, 4.69) is 4.98 Å². The van der Waals surface area contributed by atoms with Crippen molar-refractivity contribution in [2.75, 3.05) is 5.73 Å². The summed E-state index contributed by atoms with van der Waals surface area (Å²) in [4.78, 5) is 4.01. The molecule has 76 valence electrons. The number of rotatable bonds is 2. The van der Waals surface area contributed by atoms with Crippen LogP contribution in [0.25, 0.3) is 0 Å². The molecule has 1 heterocycles. The summed E-state index contributed by atoms with van der Waals surface area (Å²) in [6, 6.07) is 8.16. The van der Waals surface area contributed by atoms with Gasteiger partial charge in [0.05, 0.1) is 0 Å². The van der Waals surface area contributed by atoms with Gasteiger partial charge in [0.2, 0.25) is 0 Å². The quantitative estimate of drug-likeness (QED) is 0.812. The molecule has 1 aromatic heterocycles. The van der Waals surface area contributed by atoms with E-state index in [-0.39, 0.29) is 5.82 Å². The van der Waals surface area contributed by atoms with Gasteiger partial charge in [-0.2, -0.15) is 0 Å². The lowest BCUT2D eigenvalue weighted by atomic mass is 10.1. The van der Waals surface area contributed by atoms with E-state index < -0.39 is 0 Å². The Kier molecular flexibility index (Phi) is 2.63. The van der Waals surface area contributed by atoms with Crippen LogP contribution in [0, 0.1) is 5.82 Å². The van der Waals surface area contributed by atoms with Crippen LogP contribution in [-0.2, 0) is 6.42 Å². The molecule has 0 bridgehead atoms. The van der Waals surface area contributed by atoms with E-state index >= 15 is 0 Å². The van der Waals surface area contributed by atoms with Gasteiger partial charge < -0.3 is 5.73 Å². The van der Waals surface area contributed by atoms with E-state index in [4.69, 9.17) is 5.73 Å². The van der Waals surface area contributed by atoms with Gasteiger partial charge in [-0.15, -0.1) is 0 Å². The second-order valence-electron chi connectivity index (χ2n) is 3.38. The summed E-state index contributed by atoms with van der Waals surface area (Å²) in [6.45, 7) is 0. The lowest BCUT2D eigenvalue weighted by molar-refractivity contribution is 0.627. The lowest BCUT2D eigenvalue weighted by Gasteiger charge is -2.04. The molecule has 0 spiro atoms. The summed E-state index contributed by atoms with van der Waals surface area (Å²) in [5.74, 6) is -0.224. The molecule has 15 heavy (non-hydrogen) atoms. The minimum atomic E-state index is -0.224. The van der Waals surface area contributed by atoms with Gasteiger partial charge in [0.25, 0.3) is 0 Å². The van der Waals surface area contributed by atoms with Crippen molar-refractivity contribution in [3.8, 4) is 0 Å². The fraction of sp³-hybridized carbons (Fsp3) is 0.0833. The maximum Gasteiger partial charge on any atom is 0.123 e. The smallest absolute Gasteiger partial charge is 0.123 e. The van der Waals surface area contributed by atoms with E-state index in [0.29, 0.717) is 12.1 Å². The average molecular weight is 202 g/mol. The van der Waals surface area contributed by atoms with Crippen LogP contribution in [0.4, 0.5) is 10.1 Å². The summed E-state index contributed by atoms with van der Waals surface area (Å²) in [7, 11) is 0. The Morgan fingerprint density at radius 2 is 1.87 bits per heavy atom. The number of nitrogens with two attached hydrogens (primary N) is 1. The molecule has 0 atom stereocenters. The van der Waals surface area contributed by atoms with Gasteiger partial charge in [-0.3, -0.25) is 4.98 Å². The second kappa shape index (κ2) is 4.09. The maximum atomic E-state index is 12.7. The Morgan fingerprint density at radius 3 is 2.53 bits per heavy atom. The van der Waals surface area contributed by atoms with Crippen LogP contribution in [0.3, 0.4) is 0 Å². The van der Waals surface area contributed by atoms with Crippen molar-refractivity contribution in [3.63, 3.8) is 0 Å². The van der Waals surface area contributed by atoms with Gasteiger partial charge in [0.15, 0.2) is 0 Å². The number of anilines is 1. The normalized spacial score (nSPS) is 10.2. The van der Waals surface area contributed by atoms with Crippen molar-refractivity contribution in [2.45, 2.75) is 6.42 Å². The molecule has 0 aliphatic heterocycles. The number of hydrogen-bond acceptors (Lipinski definition) is 2. The van der Waals surface area contributed by atoms with E-state index in [1.54, 1.807) is 30.6 Å². The predicted molar refractivity (Wildman–Crippen MR) is 57.9 cm³/mol. The number of nitrogen functional groups attached to an aromatic ring is 1. The molecule has 2 nitrogen and oxygen atoms in total. The first kappa shape index (κ1) is 9.65. The monoisotopic (exact) mass is 202 g/mol. The van der Waals surface area contributed by atoms with Crippen molar-refractivity contribution >= 4 is 5.69 Å². The molecule has 2 aromatic rings.